The van der Waals surface area contributed by atoms with Crippen molar-refractivity contribution in [2.24, 2.45) is 5.18 Å². The molecular weight excluding hydrogens is 90.1 g/mol. The summed E-state index contributed by atoms with van der Waals surface area (Å²) in [7, 11) is 0. The third kappa shape index (κ3) is 2.31. The van der Waals surface area contributed by atoms with Gasteiger partial charge in [0.1, 0.15) is 0 Å². The molecule has 0 radical (unpaired) electrons. The Bertz CT molecular complexity index is 50.0. The average molecular weight is 101 g/mol. The number of hydrogen-bond donors (Lipinski definition) is 0. The van der Waals surface area contributed by atoms with Gasteiger partial charge in [0.2, 0.25) is 0 Å². The van der Waals surface area contributed by atoms with E-state index in [2.05, 4.69) is 5.18 Å². The van der Waals surface area contributed by atoms with Crippen molar-refractivity contribution < 1.29 is 0 Å². The Morgan fingerprint density at radius 2 is 1.86 bits per heavy atom. The maximum Gasteiger partial charge on any atom is 0.0914 e. The predicted octanol–water partition coefficient (Wildman–Crippen LogP) is 1.94. The SMILES string of the molecule is CCC(CC)N=O. The van der Waals surface area contributed by atoms with E-state index in [9.17, 15) is 4.91 Å². The van der Waals surface area contributed by atoms with Gasteiger partial charge in [0.05, 0.1) is 6.04 Å². The summed E-state index contributed by atoms with van der Waals surface area (Å²) in [5.41, 5.74) is 0. The van der Waals surface area contributed by atoms with Gasteiger partial charge >= 0.3 is 0 Å². The minimum absolute atomic E-state index is 0.0556. The van der Waals surface area contributed by atoms with E-state index in [1.54, 1.807) is 0 Å². The molecule has 0 amide bonds. The highest BCUT2D eigenvalue weighted by Crippen LogP contribution is 1.99. The lowest BCUT2D eigenvalue weighted by Crippen LogP contribution is -1.96. The second-order valence-electron chi connectivity index (χ2n) is 1.58. The van der Waals surface area contributed by atoms with Crippen molar-refractivity contribution in [1.82, 2.24) is 0 Å². The Hall–Kier alpha value is -0.400. The van der Waals surface area contributed by atoms with E-state index < -0.39 is 0 Å². The summed E-state index contributed by atoms with van der Waals surface area (Å²) in [6, 6.07) is 0.0556. The summed E-state index contributed by atoms with van der Waals surface area (Å²) < 4.78 is 0. The molecule has 2 heteroatoms. The Labute approximate surface area is 43.9 Å². The van der Waals surface area contributed by atoms with Gasteiger partial charge in [-0.1, -0.05) is 19.0 Å². The van der Waals surface area contributed by atoms with Crippen LogP contribution in [0.2, 0.25) is 0 Å². The van der Waals surface area contributed by atoms with Gasteiger partial charge in [-0.05, 0) is 12.8 Å². The van der Waals surface area contributed by atoms with Crippen molar-refractivity contribution in [2.75, 3.05) is 0 Å². The van der Waals surface area contributed by atoms with E-state index >= 15 is 0 Å². The first-order valence-corrected chi connectivity index (χ1v) is 2.67. The van der Waals surface area contributed by atoms with Gasteiger partial charge in [-0.3, -0.25) is 0 Å². The van der Waals surface area contributed by atoms with Crippen molar-refractivity contribution in [3.05, 3.63) is 4.91 Å². The van der Waals surface area contributed by atoms with Gasteiger partial charge in [-0.15, -0.1) is 0 Å². The summed E-state index contributed by atoms with van der Waals surface area (Å²) in [6.45, 7) is 3.94. The first-order valence-electron chi connectivity index (χ1n) is 2.67. The van der Waals surface area contributed by atoms with E-state index in [0.717, 1.165) is 12.8 Å². The lowest BCUT2D eigenvalue weighted by molar-refractivity contribution is 0.627. The van der Waals surface area contributed by atoms with Crippen molar-refractivity contribution >= 4 is 0 Å². The molecule has 0 aromatic heterocycles. The van der Waals surface area contributed by atoms with Gasteiger partial charge in [-0.25, -0.2) is 0 Å². The zero-order chi connectivity index (χ0) is 5.70. The summed E-state index contributed by atoms with van der Waals surface area (Å²) in [4.78, 5) is 9.72. The van der Waals surface area contributed by atoms with Crippen LogP contribution < -0.4 is 0 Å². The smallest absolute Gasteiger partial charge is 0.0914 e. The Morgan fingerprint density at radius 1 is 1.43 bits per heavy atom. The van der Waals surface area contributed by atoms with Gasteiger partial charge < -0.3 is 0 Å². The summed E-state index contributed by atoms with van der Waals surface area (Å²) >= 11 is 0. The standard InChI is InChI=1S/C5H11NO/c1-3-5(4-2)6-7/h5H,3-4H2,1-2H3. The molecule has 0 aliphatic carbocycles. The molecular formula is C5H11NO. The molecule has 0 atom stereocenters. The molecule has 0 aliphatic heterocycles. The van der Waals surface area contributed by atoms with Crippen LogP contribution in [0, 0.1) is 4.91 Å². The highest BCUT2D eigenvalue weighted by molar-refractivity contribution is 4.57. The molecule has 0 aromatic rings. The van der Waals surface area contributed by atoms with Crippen LogP contribution in [0.3, 0.4) is 0 Å². The second-order valence-corrected chi connectivity index (χ2v) is 1.58. The van der Waals surface area contributed by atoms with Gasteiger partial charge in [0, 0.05) is 0 Å². The first kappa shape index (κ1) is 6.60. The molecule has 0 spiro atoms. The normalized spacial score (nSPS) is 9.57. The summed E-state index contributed by atoms with van der Waals surface area (Å²) in [5.74, 6) is 0. The first-order chi connectivity index (χ1) is 3.35. The van der Waals surface area contributed by atoms with Gasteiger partial charge in [0.25, 0.3) is 0 Å². The zero-order valence-electron chi connectivity index (χ0n) is 4.85. The molecule has 0 bridgehead atoms. The summed E-state index contributed by atoms with van der Waals surface area (Å²) in [6.07, 6.45) is 1.75. The molecule has 0 fully saturated rings. The number of nitrogens with zero attached hydrogens (tertiary/aromatic N) is 1. The van der Waals surface area contributed by atoms with Crippen LogP contribution in [0.4, 0.5) is 0 Å². The van der Waals surface area contributed by atoms with E-state index in [1.807, 2.05) is 13.8 Å². The predicted molar refractivity (Wildman–Crippen MR) is 30.2 cm³/mol. The largest absolute Gasteiger partial charge is 0.151 e. The Morgan fingerprint density at radius 3 is 1.86 bits per heavy atom. The van der Waals surface area contributed by atoms with E-state index in [0.29, 0.717) is 0 Å². The number of hydrogen-bond acceptors (Lipinski definition) is 2. The third-order valence-corrected chi connectivity index (χ3v) is 1.09. The fourth-order valence-corrected chi connectivity index (χ4v) is 0.438. The lowest BCUT2D eigenvalue weighted by atomic mass is 10.2. The van der Waals surface area contributed by atoms with Crippen molar-refractivity contribution in [2.45, 2.75) is 32.7 Å². The highest BCUT2D eigenvalue weighted by atomic mass is 16.3. The van der Waals surface area contributed by atoms with Crippen LogP contribution in [0.25, 0.3) is 0 Å². The quantitative estimate of drug-likeness (QED) is 0.499. The van der Waals surface area contributed by atoms with Crippen molar-refractivity contribution in [1.29, 1.82) is 0 Å². The molecule has 7 heavy (non-hydrogen) atoms. The van der Waals surface area contributed by atoms with Crippen LogP contribution in [-0.4, -0.2) is 6.04 Å². The summed E-state index contributed by atoms with van der Waals surface area (Å²) in [5, 5.41) is 2.88. The number of nitroso groups, excluding NO2 is 1. The topological polar surface area (TPSA) is 29.4 Å². The molecule has 0 aromatic carbocycles. The third-order valence-electron chi connectivity index (χ3n) is 1.09. The molecule has 42 valence electrons. The lowest BCUT2D eigenvalue weighted by Gasteiger charge is -1.96. The maximum absolute atomic E-state index is 9.72. The van der Waals surface area contributed by atoms with Crippen molar-refractivity contribution in [3.8, 4) is 0 Å². The van der Waals surface area contributed by atoms with E-state index in [4.69, 9.17) is 0 Å². The Balaban J connectivity index is 3.16. The fraction of sp³-hybridized carbons (Fsp3) is 1.00. The van der Waals surface area contributed by atoms with Crippen LogP contribution in [0.5, 0.6) is 0 Å². The molecule has 0 saturated carbocycles. The monoisotopic (exact) mass is 101 g/mol. The van der Waals surface area contributed by atoms with E-state index in [-0.39, 0.29) is 6.04 Å². The van der Waals surface area contributed by atoms with Gasteiger partial charge in [-0.2, -0.15) is 4.91 Å². The maximum atomic E-state index is 9.72. The molecule has 0 unspecified atom stereocenters. The second kappa shape index (κ2) is 3.78. The minimum Gasteiger partial charge on any atom is -0.151 e. The average Bonchev–Trinajstić information content (AvgIpc) is 1.72. The van der Waals surface area contributed by atoms with Crippen LogP contribution in [-0.2, 0) is 0 Å². The van der Waals surface area contributed by atoms with E-state index in [1.165, 1.54) is 0 Å². The fourth-order valence-electron chi connectivity index (χ4n) is 0.438. The Kier molecular flexibility index (Phi) is 3.56. The zero-order valence-corrected chi connectivity index (χ0v) is 4.85. The minimum atomic E-state index is 0.0556. The van der Waals surface area contributed by atoms with Crippen LogP contribution in [0.1, 0.15) is 26.7 Å². The molecule has 0 aliphatic rings. The van der Waals surface area contributed by atoms with Crippen LogP contribution >= 0.6 is 0 Å². The molecule has 0 rings (SSSR count). The van der Waals surface area contributed by atoms with Crippen LogP contribution in [0.15, 0.2) is 5.18 Å². The number of rotatable bonds is 3. The molecule has 2 nitrogen and oxygen atoms in total. The molecule has 0 saturated heterocycles. The van der Waals surface area contributed by atoms with Gasteiger partial charge in [0.15, 0.2) is 0 Å². The van der Waals surface area contributed by atoms with Crippen molar-refractivity contribution in [3.63, 3.8) is 0 Å². The molecule has 0 heterocycles. The molecule has 0 N–H and O–H groups in total. The highest BCUT2D eigenvalue weighted by Gasteiger charge is 1.97.